The first-order valence-electron chi connectivity index (χ1n) is 20.8. The number of halogens is 6. The molecule has 10 rings (SSSR count). The van der Waals surface area contributed by atoms with E-state index < -0.39 is 23.5 Å². The van der Waals surface area contributed by atoms with Crippen molar-refractivity contribution >= 4 is 21.8 Å². The van der Waals surface area contributed by atoms with Crippen molar-refractivity contribution in [3.8, 4) is 85.4 Å². The number of hydrogen-bond donors (Lipinski definition) is 0. The van der Waals surface area contributed by atoms with Crippen molar-refractivity contribution in [3.63, 3.8) is 0 Å². The fourth-order valence-electron chi connectivity index (χ4n) is 8.35. The van der Waals surface area contributed by atoms with Crippen molar-refractivity contribution in [2.45, 2.75) is 12.4 Å². The predicted molar refractivity (Wildman–Crippen MR) is 246 cm³/mol. The van der Waals surface area contributed by atoms with E-state index in [-0.39, 0.29) is 17.2 Å². The quantitative estimate of drug-likeness (QED) is 0.149. The van der Waals surface area contributed by atoms with Gasteiger partial charge in [0, 0.05) is 38.6 Å². The van der Waals surface area contributed by atoms with Crippen LogP contribution in [0.5, 0.6) is 0 Å². The number of para-hydroxylation sites is 1. The summed E-state index contributed by atoms with van der Waals surface area (Å²) in [6, 6.07) is 55.3. The summed E-state index contributed by atoms with van der Waals surface area (Å²) in [6.07, 6.45) is -10.1. The molecule has 0 saturated carbocycles. The average Bonchev–Trinajstić information content (AvgIpc) is 3.69. The van der Waals surface area contributed by atoms with Gasteiger partial charge in [0.15, 0.2) is 17.5 Å². The molecule has 12 heteroatoms. The fraction of sp³-hybridized carbons (Fsp3) is 0.0364. The van der Waals surface area contributed by atoms with Gasteiger partial charge in [-0.1, -0.05) is 109 Å². The summed E-state index contributed by atoms with van der Waals surface area (Å²) >= 11 is 0. The van der Waals surface area contributed by atoms with Crippen molar-refractivity contribution in [1.82, 2.24) is 19.5 Å². The van der Waals surface area contributed by atoms with Gasteiger partial charge in [0.05, 0.1) is 51.1 Å². The van der Waals surface area contributed by atoms with Gasteiger partial charge < -0.3 is 4.57 Å². The monoisotopic (exact) mass is 888 g/mol. The van der Waals surface area contributed by atoms with Crippen LogP contribution in [0, 0.1) is 22.7 Å². The minimum Gasteiger partial charge on any atom is -0.308 e. The topological polar surface area (TPSA) is 91.2 Å². The van der Waals surface area contributed by atoms with Crippen LogP contribution in [0.3, 0.4) is 0 Å². The molecule has 0 amide bonds. The van der Waals surface area contributed by atoms with Crippen LogP contribution in [0.4, 0.5) is 26.3 Å². The summed E-state index contributed by atoms with van der Waals surface area (Å²) in [5.74, 6) is 1.24. The summed E-state index contributed by atoms with van der Waals surface area (Å²) in [7, 11) is 0. The molecule has 0 unspecified atom stereocenters. The maximum absolute atomic E-state index is 14.1. The minimum atomic E-state index is -5.03. The predicted octanol–water partition coefficient (Wildman–Crippen LogP) is 14.8. The van der Waals surface area contributed by atoms with Gasteiger partial charge in [-0.25, -0.2) is 15.0 Å². The van der Waals surface area contributed by atoms with E-state index in [1.54, 1.807) is 36.4 Å². The minimum absolute atomic E-state index is 0.120. The number of nitrogens with zero attached hydrogens (tertiary/aromatic N) is 6. The molecule has 0 saturated heterocycles. The molecule has 0 atom stereocenters. The van der Waals surface area contributed by atoms with E-state index in [4.69, 9.17) is 15.0 Å². The molecular weight excluding hydrogens is 859 g/mol. The van der Waals surface area contributed by atoms with Crippen LogP contribution in [-0.2, 0) is 12.4 Å². The SMILES string of the molecule is N#Cc1ccc(-c2cc(-c3nc(-c4ccccc4)nc(-c4ccccc4)n3)cc(-c3ccc(C#N)cc3)c2-n2c3ccccc3c3cc(-c4cc(C(F)(F)F)cc(C(F)(F)F)c4)ccc32)cc1. The standard InChI is InChI=1S/C55H30F6N6/c56-54(57,58)42-25-40(26-43(30-42)55(59,60)61)39-23-24-49-47(27-39)44-13-7-8-14-48(44)67(49)50-45(35-19-15-33(31-62)16-20-35)28-41(29-46(50)36-21-17-34(32-63)18-22-36)53-65-51(37-9-3-1-4-10-37)64-52(66-53)38-11-5-2-6-12-38/h1-30H. The van der Waals surface area contributed by atoms with Gasteiger partial charge in [-0.2, -0.15) is 36.9 Å². The van der Waals surface area contributed by atoms with Crippen molar-refractivity contribution in [1.29, 1.82) is 10.5 Å². The summed E-state index contributed by atoms with van der Waals surface area (Å²) in [5.41, 5.74) is 4.77. The van der Waals surface area contributed by atoms with Gasteiger partial charge in [-0.05, 0) is 95.1 Å². The summed E-state index contributed by atoms with van der Waals surface area (Å²) in [4.78, 5) is 15.0. The highest BCUT2D eigenvalue weighted by Crippen LogP contribution is 2.45. The lowest BCUT2D eigenvalue weighted by molar-refractivity contribution is -0.143. The van der Waals surface area contributed by atoms with E-state index in [1.807, 2.05) is 126 Å². The summed E-state index contributed by atoms with van der Waals surface area (Å²) in [6.45, 7) is 0. The average molecular weight is 889 g/mol. The molecule has 0 aliphatic rings. The normalized spacial score (nSPS) is 11.7. The molecule has 0 radical (unpaired) electrons. The van der Waals surface area contributed by atoms with Crippen LogP contribution in [0.25, 0.3) is 95.0 Å². The molecule has 0 aliphatic carbocycles. The Morgan fingerprint density at radius 1 is 0.373 bits per heavy atom. The second-order valence-electron chi connectivity index (χ2n) is 15.7. The molecule has 0 N–H and O–H groups in total. The molecule has 10 aromatic rings. The first-order valence-corrected chi connectivity index (χ1v) is 20.8. The molecule has 67 heavy (non-hydrogen) atoms. The van der Waals surface area contributed by atoms with E-state index in [0.717, 1.165) is 23.3 Å². The van der Waals surface area contributed by atoms with Gasteiger partial charge in [0.25, 0.3) is 0 Å². The van der Waals surface area contributed by atoms with E-state index in [1.165, 1.54) is 6.07 Å². The third kappa shape index (κ3) is 8.02. The molecule has 0 aliphatic heterocycles. The smallest absolute Gasteiger partial charge is 0.308 e. The lowest BCUT2D eigenvalue weighted by atomic mass is 9.91. The Bertz CT molecular complexity index is 3440. The second kappa shape index (κ2) is 16.6. The Morgan fingerprint density at radius 2 is 0.806 bits per heavy atom. The Hall–Kier alpha value is -8.87. The first kappa shape index (κ1) is 42.1. The number of rotatable bonds is 7. The number of aromatic nitrogens is 4. The Labute approximate surface area is 379 Å². The largest absolute Gasteiger partial charge is 0.416 e. The Kier molecular flexibility index (Phi) is 10.4. The summed E-state index contributed by atoms with van der Waals surface area (Å²) < 4.78 is 86.4. The number of nitriles is 2. The van der Waals surface area contributed by atoms with Gasteiger partial charge >= 0.3 is 12.4 Å². The highest BCUT2D eigenvalue weighted by molar-refractivity contribution is 6.12. The van der Waals surface area contributed by atoms with E-state index in [2.05, 4.69) is 12.1 Å². The molecule has 0 spiro atoms. The van der Waals surface area contributed by atoms with Gasteiger partial charge in [-0.15, -0.1) is 0 Å². The van der Waals surface area contributed by atoms with Crippen LogP contribution in [0.1, 0.15) is 22.3 Å². The van der Waals surface area contributed by atoms with Gasteiger partial charge in [0.2, 0.25) is 0 Å². The molecule has 6 nitrogen and oxygen atoms in total. The van der Waals surface area contributed by atoms with Crippen LogP contribution in [-0.4, -0.2) is 19.5 Å². The van der Waals surface area contributed by atoms with Crippen molar-refractivity contribution in [3.05, 3.63) is 204 Å². The first-order chi connectivity index (χ1) is 32.4. The lowest BCUT2D eigenvalue weighted by Crippen LogP contribution is -2.11. The van der Waals surface area contributed by atoms with E-state index >= 15 is 0 Å². The van der Waals surface area contributed by atoms with E-state index in [0.29, 0.717) is 83.9 Å². The zero-order valence-corrected chi connectivity index (χ0v) is 34.8. The number of alkyl halides is 6. The highest BCUT2D eigenvalue weighted by atomic mass is 19.4. The molecule has 322 valence electrons. The molecule has 2 aromatic heterocycles. The van der Waals surface area contributed by atoms with Gasteiger partial charge in [0.1, 0.15) is 0 Å². The molecule has 0 bridgehead atoms. The Morgan fingerprint density at radius 3 is 1.28 bits per heavy atom. The molecule has 0 fully saturated rings. The van der Waals surface area contributed by atoms with Crippen LogP contribution >= 0.6 is 0 Å². The van der Waals surface area contributed by atoms with Crippen LogP contribution < -0.4 is 0 Å². The van der Waals surface area contributed by atoms with Gasteiger partial charge in [-0.3, -0.25) is 0 Å². The van der Waals surface area contributed by atoms with Crippen LogP contribution in [0.2, 0.25) is 0 Å². The highest BCUT2D eigenvalue weighted by Gasteiger charge is 2.37. The van der Waals surface area contributed by atoms with E-state index in [9.17, 15) is 36.9 Å². The Balaban J connectivity index is 1.29. The lowest BCUT2D eigenvalue weighted by Gasteiger charge is -2.21. The zero-order valence-electron chi connectivity index (χ0n) is 34.8. The summed E-state index contributed by atoms with van der Waals surface area (Å²) in [5, 5.41) is 20.9. The van der Waals surface area contributed by atoms with Crippen molar-refractivity contribution in [2.75, 3.05) is 0 Å². The maximum atomic E-state index is 14.1. The number of fused-ring (bicyclic) bond motifs is 3. The zero-order chi connectivity index (χ0) is 46.5. The third-order valence-corrected chi connectivity index (χ3v) is 11.5. The van der Waals surface area contributed by atoms with Crippen molar-refractivity contribution < 1.29 is 26.3 Å². The molecular formula is C55H30F6N6. The van der Waals surface area contributed by atoms with Crippen molar-refractivity contribution in [2.24, 2.45) is 0 Å². The van der Waals surface area contributed by atoms with Crippen LogP contribution in [0.15, 0.2) is 182 Å². The number of benzene rings is 8. The molecule has 8 aromatic carbocycles. The fourth-order valence-corrected chi connectivity index (χ4v) is 8.35. The second-order valence-corrected chi connectivity index (χ2v) is 15.7. The maximum Gasteiger partial charge on any atom is 0.416 e. The molecule has 2 heterocycles. The third-order valence-electron chi connectivity index (χ3n) is 11.5. The number of hydrogen-bond acceptors (Lipinski definition) is 5.